The lowest BCUT2D eigenvalue weighted by molar-refractivity contribution is -0.171. The smallest absolute Gasteiger partial charge is 0.303 e. The minimum absolute atomic E-state index is 0.0229. The maximum atomic E-state index is 10.4. The number of nitrogens with zero attached hydrogens (tertiary/aromatic N) is 1. The highest BCUT2D eigenvalue weighted by atomic mass is 31.1. The predicted octanol–water partition coefficient (Wildman–Crippen LogP) is 0.417. The third-order valence-corrected chi connectivity index (χ3v) is 5.52. The molecular formula is C13H20NO9P. The summed E-state index contributed by atoms with van der Waals surface area (Å²) in [6.45, 7) is 0. The van der Waals surface area contributed by atoms with Crippen LogP contribution in [-0.4, -0.2) is 73.8 Å². The van der Waals surface area contributed by atoms with Crippen LogP contribution in [0.1, 0.15) is 32.1 Å². The second kappa shape index (κ2) is 11.5. The molecular weight excluding hydrogens is 345 g/mol. The summed E-state index contributed by atoms with van der Waals surface area (Å²) in [5.41, 5.74) is 0. The van der Waals surface area contributed by atoms with Crippen LogP contribution in [0.5, 0.6) is 0 Å². The van der Waals surface area contributed by atoms with Crippen LogP contribution >= 0.6 is 7.92 Å². The zero-order valence-electron chi connectivity index (χ0n) is 12.9. The number of carboxylic acids is 3. The first kappa shape index (κ1) is 21.9. The van der Waals surface area contributed by atoms with E-state index >= 15 is 0 Å². The maximum absolute atomic E-state index is 10.4. The Morgan fingerprint density at radius 1 is 0.792 bits per heavy atom. The van der Waals surface area contributed by atoms with Gasteiger partial charge < -0.3 is 15.3 Å². The second-order valence-corrected chi connectivity index (χ2v) is 7.56. The molecule has 1 aliphatic rings. The highest BCUT2D eigenvalue weighted by Crippen LogP contribution is 2.37. The Kier molecular flexibility index (Phi) is 10.5. The SMILES string of the molecule is O=C(O)CCP(CCC(=O)O)CCC(=O)O.O=C1CCC(=O)N1O. The number of hydrogen-bond donors (Lipinski definition) is 4. The monoisotopic (exact) mass is 365 g/mol. The van der Waals surface area contributed by atoms with Gasteiger partial charge in [-0.2, -0.15) is 5.06 Å². The minimum atomic E-state index is -0.932. The highest BCUT2D eigenvalue weighted by Gasteiger charge is 2.26. The van der Waals surface area contributed by atoms with Crippen molar-refractivity contribution in [1.29, 1.82) is 0 Å². The van der Waals surface area contributed by atoms with Crippen molar-refractivity contribution >= 4 is 37.6 Å². The molecule has 1 rings (SSSR count). The van der Waals surface area contributed by atoms with Crippen LogP contribution in [0.15, 0.2) is 0 Å². The van der Waals surface area contributed by atoms with Crippen molar-refractivity contribution in [3.8, 4) is 0 Å². The number of hydrogen-bond acceptors (Lipinski definition) is 6. The standard InChI is InChI=1S/C9H15O6P.C4H5NO3/c10-7(11)1-4-16(5-2-8(12)13)6-3-9(14)15;6-3-1-2-4(7)5(3)8/h1-6H2,(H,10,11)(H,12,13)(H,14,15);8H,1-2H2. The molecule has 0 radical (unpaired) electrons. The van der Waals surface area contributed by atoms with E-state index in [2.05, 4.69) is 0 Å². The highest BCUT2D eigenvalue weighted by molar-refractivity contribution is 7.57. The van der Waals surface area contributed by atoms with Crippen LogP contribution in [0.3, 0.4) is 0 Å². The molecule has 0 aromatic carbocycles. The van der Waals surface area contributed by atoms with Crippen molar-refractivity contribution in [1.82, 2.24) is 5.06 Å². The molecule has 0 aliphatic carbocycles. The zero-order chi connectivity index (χ0) is 18.7. The van der Waals surface area contributed by atoms with Crippen LogP contribution < -0.4 is 0 Å². The summed E-state index contributed by atoms with van der Waals surface area (Å²) in [7, 11) is -0.801. The van der Waals surface area contributed by atoms with Crippen LogP contribution in [0.4, 0.5) is 0 Å². The summed E-state index contributed by atoms with van der Waals surface area (Å²) in [5, 5.41) is 34.1. The van der Waals surface area contributed by atoms with E-state index in [9.17, 15) is 24.0 Å². The number of aliphatic carboxylic acids is 3. The molecule has 0 spiro atoms. The largest absolute Gasteiger partial charge is 0.481 e. The summed E-state index contributed by atoms with van der Waals surface area (Å²) in [5.74, 6) is -3.81. The van der Waals surface area contributed by atoms with Crippen LogP contribution in [0.2, 0.25) is 0 Å². The minimum Gasteiger partial charge on any atom is -0.481 e. The molecule has 0 atom stereocenters. The molecule has 4 N–H and O–H groups in total. The number of carbonyl (C=O) groups excluding carboxylic acids is 2. The number of imide groups is 1. The molecule has 24 heavy (non-hydrogen) atoms. The van der Waals surface area contributed by atoms with Crippen molar-refractivity contribution in [3.63, 3.8) is 0 Å². The van der Waals surface area contributed by atoms with Gasteiger partial charge in [-0.3, -0.25) is 29.2 Å². The average molecular weight is 365 g/mol. The van der Waals surface area contributed by atoms with Gasteiger partial charge in [-0.25, -0.2) is 0 Å². The van der Waals surface area contributed by atoms with Gasteiger partial charge in [-0.15, -0.1) is 7.92 Å². The van der Waals surface area contributed by atoms with Crippen molar-refractivity contribution in [3.05, 3.63) is 0 Å². The van der Waals surface area contributed by atoms with E-state index in [4.69, 9.17) is 20.5 Å². The van der Waals surface area contributed by atoms with E-state index in [1.165, 1.54) is 0 Å². The van der Waals surface area contributed by atoms with Crippen molar-refractivity contribution in [2.45, 2.75) is 32.1 Å². The Labute approximate surface area is 138 Å². The van der Waals surface area contributed by atoms with Gasteiger partial charge in [0.1, 0.15) is 0 Å². The molecule has 0 unspecified atom stereocenters. The van der Waals surface area contributed by atoms with E-state index in [1.807, 2.05) is 0 Å². The van der Waals surface area contributed by atoms with Crippen molar-refractivity contribution in [2.75, 3.05) is 18.5 Å². The van der Waals surface area contributed by atoms with E-state index in [-0.39, 0.29) is 37.2 Å². The van der Waals surface area contributed by atoms with Gasteiger partial charge in [-0.05, 0) is 18.5 Å². The summed E-state index contributed by atoms with van der Waals surface area (Å²) >= 11 is 0. The molecule has 0 bridgehead atoms. The lowest BCUT2D eigenvalue weighted by atomic mass is 10.4. The fourth-order valence-corrected chi connectivity index (χ4v) is 3.85. The molecule has 0 aromatic rings. The van der Waals surface area contributed by atoms with Crippen molar-refractivity contribution < 1.29 is 44.5 Å². The number of amides is 2. The number of hydroxylamine groups is 2. The van der Waals surface area contributed by atoms with Gasteiger partial charge in [0, 0.05) is 32.1 Å². The van der Waals surface area contributed by atoms with E-state index in [0.29, 0.717) is 18.5 Å². The Morgan fingerprint density at radius 2 is 1.08 bits per heavy atom. The summed E-state index contributed by atoms with van der Waals surface area (Å²) in [4.78, 5) is 51.6. The topological polar surface area (TPSA) is 170 Å². The summed E-state index contributed by atoms with van der Waals surface area (Å²) in [6, 6.07) is 0. The number of carbonyl (C=O) groups is 5. The average Bonchev–Trinajstić information content (AvgIpc) is 2.77. The molecule has 1 saturated heterocycles. The van der Waals surface area contributed by atoms with E-state index in [0.717, 1.165) is 0 Å². The Balaban J connectivity index is 0.000000546. The van der Waals surface area contributed by atoms with Gasteiger partial charge >= 0.3 is 17.9 Å². The molecule has 2 amide bonds. The lowest BCUT2D eigenvalue weighted by Gasteiger charge is -2.14. The first-order chi connectivity index (χ1) is 11.1. The molecule has 0 saturated carbocycles. The van der Waals surface area contributed by atoms with Crippen LogP contribution in [0, 0.1) is 0 Å². The first-order valence-electron chi connectivity index (χ1n) is 7.06. The molecule has 0 aromatic heterocycles. The predicted molar refractivity (Wildman–Crippen MR) is 81.2 cm³/mol. The number of rotatable bonds is 9. The molecule has 136 valence electrons. The van der Waals surface area contributed by atoms with Crippen LogP contribution in [0.25, 0.3) is 0 Å². The molecule has 1 fully saturated rings. The van der Waals surface area contributed by atoms with Gasteiger partial charge in [0.25, 0.3) is 11.8 Å². The van der Waals surface area contributed by atoms with E-state index < -0.39 is 37.6 Å². The van der Waals surface area contributed by atoms with Crippen LogP contribution in [-0.2, 0) is 24.0 Å². The normalized spacial score (nSPS) is 13.7. The Morgan fingerprint density at radius 3 is 1.25 bits per heavy atom. The third-order valence-electron chi connectivity index (χ3n) is 2.95. The lowest BCUT2D eigenvalue weighted by Crippen LogP contribution is -2.24. The van der Waals surface area contributed by atoms with Gasteiger partial charge in [0.15, 0.2) is 0 Å². The number of carboxylic acid groups (broad SMARTS) is 3. The Bertz CT molecular complexity index is 435. The quantitative estimate of drug-likeness (QED) is 0.257. The molecule has 10 nitrogen and oxygen atoms in total. The third kappa shape index (κ3) is 10.6. The summed E-state index contributed by atoms with van der Waals surface area (Å²) < 4.78 is 0. The zero-order valence-corrected chi connectivity index (χ0v) is 13.8. The molecule has 11 heteroatoms. The fourth-order valence-electron chi connectivity index (χ4n) is 1.66. The second-order valence-electron chi connectivity index (χ2n) is 4.87. The Hall–Kier alpha value is -2.06. The first-order valence-corrected chi connectivity index (χ1v) is 8.95. The molecule has 1 aliphatic heterocycles. The van der Waals surface area contributed by atoms with E-state index in [1.54, 1.807) is 0 Å². The summed E-state index contributed by atoms with van der Waals surface area (Å²) in [6.07, 6.45) is 1.41. The maximum Gasteiger partial charge on any atom is 0.303 e. The molecule has 1 heterocycles. The van der Waals surface area contributed by atoms with Crippen molar-refractivity contribution in [2.24, 2.45) is 0 Å². The van der Waals surface area contributed by atoms with Gasteiger partial charge in [-0.1, -0.05) is 0 Å². The fraction of sp³-hybridized carbons (Fsp3) is 0.615. The van der Waals surface area contributed by atoms with Gasteiger partial charge in [0.05, 0.1) is 0 Å². The van der Waals surface area contributed by atoms with Gasteiger partial charge in [0.2, 0.25) is 0 Å².